The van der Waals surface area contributed by atoms with E-state index in [-0.39, 0.29) is 11.5 Å². The molecule has 4 heteroatoms. The minimum absolute atomic E-state index is 0.190. The van der Waals surface area contributed by atoms with Gasteiger partial charge in [-0.05, 0) is 40.8 Å². The van der Waals surface area contributed by atoms with Crippen molar-refractivity contribution < 1.29 is 0 Å². The Kier molecular flexibility index (Phi) is 3.85. The predicted octanol–water partition coefficient (Wildman–Crippen LogP) is 4.50. The number of hydrogen-bond acceptors (Lipinski definition) is 3. The van der Waals surface area contributed by atoms with Crippen LogP contribution in [0.1, 0.15) is 37.9 Å². The molecule has 0 spiro atoms. The number of nitrogens with zero attached hydrogens (tertiary/aromatic N) is 1. The number of anilines is 1. The van der Waals surface area contributed by atoms with E-state index in [1.54, 1.807) is 0 Å². The van der Waals surface area contributed by atoms with Gasteiger partial charge >= 0.3 is 0 Å². The molecule has 0 amide bonds. The molecule has 1 aliphatic heterocycles. The lowest BCUT2D eigenvalue weighted by Gasteiger charge is -2.20. The smallest absolute Gasteiger partial charge is 0.0670 e. The average Bonchev–Trinajstić information content (AvgIpc) is 3.23. The Hall–Kier alpha value is -2.59. The highest BCUT2D eigenvalue weighted by molar-refractivity contribution is 5.81. The van der Waals surface area contributed by atoms with Crippen molar-refractivity contribution in [2.45, 2.75) is 32.2 Å². The van der Waals surface area contributed by atoms with Gasteiger partial charge in [-0.15, -0.1) is 0 Å². The summed E-state index contributed by atoms with van der Waals surface area (Å²) < 4.78 is 0. The molecule has 0 saturated heterocycles. The third-order valence-corrected chi connectivity index (χ3v) is 4.76. The molecule has 2 heterocycles. The third-order valence-electron chi connectivity index (χ3n) is 4.76. The maximum absolute atomic E-state index is 4.07. The summed E-state index contributed by atoms with van der Waals surface area (Å²) in [6, 6.07) is 15.5. The van der Waals surface area contributed by atoms with Crippen molar-refractivity contribution in [1.29, 1.82) is 0 Å². The maximum Gasteiger partial charge on any atom is 0.0670 e. The number of nitrogens with one attached hydrogen (secondary N) is 3. The van der Waals surface area contributed by atoms with Crippen LogP contribution < -0.4 is 10.6 Å². The van der Waals surface area contributed by atoms with E-state index < -0.39 is 0 Å². The number of benzene rings is 2. The summed E-state index contributed by atoms with van der Waals surface area (Å²) in [6.07, 6.45) is 4.11. The van der Waals surface area contributed by atoms with Gasteiger partial charge in [-0.1, -0.05) is 45.0 Å². The van der Waals surface area contributed by atoms with Crippen LogP contribution in [0, 0.1) is 0 Å². The number of fused-ring (bicyclic) bond motifs is 1. The van der Waals surface area contributed by atoms with Crippen LogP contribution in [-0.2, 0) is 5.41 Å². The highest BCUT2D eigenvalue weighted by atomic mass is 15.1. The Morgan fingerprint density at radius 1 is 1.08 bits per heavy atom. The number of hydrogen-bond donors (Lipinski definition) is 3. The Morgan fingerprint density at radius 3 is 2.64 bits per heavy atom. The second kappa shape index (κ2) is 6.05. The van der Waals surface area contributed by atoms with Crippen molar-refractivity contribution in [2.75, 3.05) is 11.9 Å². The van der Waals surface area contributed by atoms with E-state index >= 15 is 0 Å². The molecule has 0 radical (unpaired) electrons. The van der Waals surface area contributed by atoms with Crippen LogP contribution in [0.4, 0.5) is 5.69 Å². The molecular weight excluding hydrogens is 308 g/mol. The van der Waals surface area contributed by atoms with Crippen LogP contribution in [0.2, 0.25) is 0 Å². The fourth-order valence-electron chi connectivity index (χ4n) is 3.23. The zero-order valence-corrected chi connectivity index (χ0v) is 14.9. The molecule has 128 valence electrons. The van der Waals surface area contributed by atoms with Gasteiger partial charge in [0.2, 0.25) is 0 Å². The van der Waals surface area contributed by atoms with Gasteiger partial charge in [0.1, 0.15) is 0 Å². The molecule has 1 aliphatic rings. The quantitative estimate of drug-likeness (QED) is 0.662. The summed E-state index contributed by atoms with van der Waals surface area (Å²) >= 11 is 0. The monoisotopic (exact) mass is 332 g/mol. The first-order chi connectivity index (χ1) is 12.0. The molecule has 0 fully saturated rings. The Bertz CT molecular complexity index is 913. The maximum atomic E-state index is 4.07. The van der Waals surface area contributed by atoms with Crippen molar-refractivity contribution >= 4 is 16.6 Å². The van der Waals surface area contributed by atoms with Gasteiger partial charge in [0, 0.05) is 23.3 Å². The SMILES string of the molecule is CC(C)(C)c1ccc(C2C=C(Nc3ccc4cn[nH]c4c3)CN2)cc1. The number of rotatable bonds is 3. The molecule has 1 aromatic heterocycles. The van der Waals surface area contributed by atoms with E-state index in [1.165, 1.54) is 16.8 Å². The first-order valence-electron chi connectivity index (χ1n) is 8.74. The Morgan fingerprint density at radius 2 is 1.88 bits per heavy atom. The van der Waals surface area contributed by atoms with Crippen molar-refractivity contribution in [1.82, 2.24) is 15.5 Å². The first kappa shape index (κ1) is 15.9. The average molecular weight is 332 g/mol. The molecule has 0 bridgehead atoms. The van der Waals surface area contributed by atoms with Gasteiger partial charge in [-0.2, -0.15) is 5.10 Å². The Balaban J connectivity index is 1.49. The van der Waals surface area contributed by atoms with Gasteiger partial charge < -0.3 is 10.6 Å². The molecule has 4 nitrogen and oxygen atoms in total. The molecule has 2 aromatic carbocycles. The van der Waals surface area contributed by atoms with E-state index in [9.17, 15) is 0 Å². The predicted molar refractivity (Wildman–Crippen MR) is 104 cm³/mol. The number of H-pyrrole nitrogens is 1. The van der Waals surface area contributed by atoms with E-state index in [0.717, 1.165) is 23.1 Å². The van der Waals surface area contributed by atoms with Crippen LogP contribution in [0.15, 0.2) is 60.4 Å². The summed E-state index contributed by atoms with van der Waals surface area (Å²) in [5.74, 6) is 0. The lowest BCUT2D eigenvalue weighted by Crippen LogP contribution is -2.16. The third kappa shape index (κ3) is 3.30. The van der Waals surface area contributed by atoms with Crippen molar-refractivity contribution in [2.24, 2.45) is 0 Å². The molecule has 1 atom stereocenters. The summed E-state index contributed by atoms with van der Waals surface area (Å²) in [4.78, 5) is 0. The van der Waals surface area contributed by atoms with Gasteiger partial charge in [-0.25, -0.2) is 0 Å². The number of aromatic amines is 1. The molecule has 3 N–H and O–H groups in total. The zero-order chi connectivity index (χ0) is 17.4. The summed E-state index contributed by atoms with van der Waals surface area (Å²) in [5, 5.41) is 15.3. The molecule has 4 rings (SSSR count). The molecule has 0 aliphatic carbocycles. The summed E-state index contributed by atoms with van der Waals surface area (Å²) in [6.45, 7) is 7.57. The normalized spacial score (nSPS) is 17.7. The van der Waals surface area contributed by atoms with Crippen molar-refractivity contribution in [3.8, 4) is 0 Å². The van der Waals surface area contributed by atoms with Gasteiger partial charge in [0.05, 0.1) is 17.8 Å². The second-order valence-corrected chi connectivity index (χ2v) is 7.72. The van der Waals surface area contributed by atoms with Crippen LogP contribution in [0.3, 0.4) is 0 Å². The molecule has 25 heavy (non-hydrogen) atoms. The highest BCUT2D eigenvalue weighted by Crippen LogP contribution is 2.27. The summed E-state index contributed by atoms with van der Waals surface area (Å²) in [7, 11) is 0. The van der Waals surface area contributed by atoms with Crippen LogP contribution >= 0.6 is 0 Å². The Labute approximate surface area is 148 Å². The zero-order valence-electron chi connectivity index (χ0n) is 14.9. The van der Waals surface area contributed by atoms with Crippen LogP contribution in [0.25, 0.3) is 10.9 Å². The van der Waals surface area contributed by atoms with E-state index in [2.05, 4.69) is 90.1 Å². The summed E-state index contributed by atoms with van der Waals surface area (Å²) in [5.41, 5.74) is 6.18. The van der Waals surface area contributed by atoms with E-state index in [1.807, 2.05) is 6.20 Å². The minimum atomic E-state index is 0.190. The van der Waals surface area contributed by atoms with Gasteiger partial charge in [0.25, 0.3) is 0 Å². The highest BCUT2D eigenvalue weighted by Gasteiger charge is 2.18. The van der Waals surface area contributed by atoms with Crippen LogP contribution in [-0.4, -0.2) is 16.7 Å². The molecular formula is C21H24N4. The lowest BCUT2D eigenvalue weighted by atomic mass is 9.86. The fourth-order valence-corrected chi connectivity index (χ4v) is 3.23. The van der Waals surface area contributed by atoms with Crippen LogP contribution in [0.5, 0.6) is 0 Å². The fraction of sp³-hybridized carbons (Fsp3) is 0.286. The standard InChI is InChI=1S/C21H24N4/c1-21(2,3)16-7-4-14(5-8-16)19-11-18(13-22-19)24-17-9-6-15-12-23-25-20(15)10-17/h4-12,19,22,24H,13H2,1-3H3,(H,23,25). The topological polar surface area (TPSA) is 52.7 Å². The molecule has 0 saturated carbocycles. The molecule has 1 unspecified atom stereocenters. The largest absolute Gasteiger partial charge is 0.358 e. The van der Waals surface area contributed by atoms with Gasteiger partial charge in [0.15, 0.2) is 0 Å². The minimum Gasteiger partial charge on any atom is -0.358 e. The van der Waals surface area contributed by atoms with Crippen molar-refractivity contribution in [3.05, 3.63) is 71.6 Å². The molecule has 3 aromatic rings. The van der Waals surface area contributed by atoms with Gasteiger partial charge in [-0.3, -0.25) is 5.10 Å². The number of aromatic nitrogens is 2. The lowest BCUT2D eigenvalue weighted by molar-refractivity contribution is 0.589. The van der Waals surface area contributed by atoms with E-state index in [0.29, 0.717) is 0 Å². The van der Waals surface area contributed by atoms with Crippen molar-refractivity contribution in [3.63, 3.8) is 0 Å². The van der Waals surface area contributed by atoms with E-state index in [4.69, 9.17) is 0 Å². The second-order valence-electron chi connectivity index (χ2n) is 7.72. The first-order valence-corrected chi connectivity index (χ1v) is 8.74.